The maximum atomic E-state index is 12.5. The van der Waals surface area contributed by atoms with Crippen LogP contribution in [-0.2, 0) is 23.7 Å². The van der Waals surface area contributed by atoms with Gasteiger partial charge in [-0.3, -0.25) is 0 Å². The minimum absolute atomic E-state index is 0.269. The van der Waals surface area contributed by atoms with E-state index in [1.165, 1.54) is 0 Å². The maximum Gasteiger partial charge on any atom is 0.367 e. The standard InChI is InChI=1S/C21H19BrO8/c1-27-20(25)21(26)17(22)16(29-19(24)14-10-6-3-7-11-14)15(30-21)12-28-18(23)13-8-4-2-5-9-13/h2-11,15-17,26H,12H2,1H3/t15-,16-,17-,21-/m1/s1. The third-order valence-corrected chi connectivity index (χ3v) is 5.62. The quantitative estimate of drug-likeness (QED) is 0.381. The number of benzene rings is 2. The van der Waals surface area contributed by atoms with Gasteiger partial charge < -0.3 is 24.1 Å². The SMILES string of the molecule is COC(=O)[C@]1(O)O[C@H](COC(=O)c2ccccc2)[C@@H](OC(=O)c2ccccc2)[C@H]1Br. The second kappa shape index (κ2) is 9.38. The van der Waals surface area contributed by atoms with Crippen molar-refractivity contribution in [1.82, 2.24) is 0 Å². The molecule has 0 aromatic heterocycles. The van der Waals surface area contributed by atoms with E-state index in [4.69, 9.17) is 14.2 Å². The summed E-state index contributed by atoms with van der Waals surface area (Å²) < 4.78 is 20.8. The summed E-state index contributed by atoms with van der Waals surface area (Å²) in [7, 11) is 1.08. The predicted molar refractivity (Wildman–Crippen MR) is 107 cm³/mol. The van der Waals surface area contributed by atoms with Gasteiger partial charge in [-0.25, -0.2) is 14.4 Å². The van der Waals surface area contributed by atoms with Gasteiger partial charge in [0.05, 0.1) is 18.2 Å². The van der Waals surface area contributed by atoms with E-state index in [0.29, 0.717) is 5.56 Å². The summed E-state index contributed by atoms with van der Waals surface area (Å²) in [5.74, 6) is -4.84. The number of carbonyl (C=O) groups excluding carboxylic acids is 3. The Morgan fingerprint density at radius 2 is 1.53 bits per heavy atom. The molecule has 4 atom stereocenters. The minimum atomic E-state index is -2.43. The maximum absolute atomic E-state index is 12.5. The minimum Gasteiger partial charge on any atom is -0.465 e. The van der Waals surface area contributed by atoms with Gasteiger partial charge in [-0.15, -0.1) is 0 Å². The van der Waals surface area contributed by atoms with Gasteiger partial charge in [0.2, 0.25) is 0 Å². The van der Waals surface area contributed by atoms with Crippen LogP contribution < -0.4 is 0 Å². The zero-order chi connectivity index (χ0) is 21.7. The Hall–Kier alpha value is -2.75. The molecule has 2 aromatic carbocycles. The molecule has 0 amide bonds. The number of hydrogen-bond acceptors (Lipinski definition) is 8. The Labute approximate surface area is 180 Å². The lowest BCUT2D eigenvalue weighted by Crippen LogP contribution is -2.48. The predicted octanol–water partition coefficient (Wildman–Crippen LogP) is 2.09. The molecule has 0 saturated carbocycles. The van der Waals surface area contributed by atoms with Crippen molar-refractivity contribution in [2.75, 3.05) is 13.7 Å². The molecule has 1 aliphatic rings. The number of carbonyl (C=O) groups is 3. The normalized spacial score (nSPS) is 25.4. The number of alkyl halides is 1. The number of hydrogen-bond donors (Lipinski definition) is 1. The van der Waals surface area contributed by atoms with Crippen LogP contribution in [0.2, 0.25) is 0 Å². The number of ether oxygens (including phenoxy) is 4. The topological polar surface area (TPSA) is 108 Å². The van der Waals surface area contributed by atoms with Crippen molar-refractivity contribution < 1.29 is 38.4 Å². The highest BCUT2D eigenvalue weighted by molar-refractivity contribution is 9.09. The summed E-state index contributed by atoms with van der Waals surface area (Å²) in [5.41, 5.74) is 0.581. The molecule has 9 heteroatoms. The van der Waals surface area contributed by atoms with Crippen molar-refractivity contribution in [3.05, 3.63) is 71.8 Å². The monoisotopic (exact) mass is 478 g/mol. The number of halogens is 1. The third-order valence-electron chi connectivity index (χ3n) is 4.48. The smallest absolute Gasteiger partial charge is 0.367 e. The summed E-state index contributed by atoms with van der Waals surface area (Å²) >= 11 is 3.17. The molecule has 2 aromatic rings. The van der Waals surface area contributed by atoms with Crippen molar-refractivity contribution in [3.63, 3.8) is 0 Å². The van der Waals surface area contributed by atoms with Gasteiger partial charge in [0.25, 0.3) is 5.79 Å². The fourth-order valence-electron chi connectivity index (χ4n) is 2.93. The Bertz CT molecular complexity index is 904. The van der Waals surface area contributed by atoms with E-state index in [2.05, 4.69) is 20.7 Å². The molecular weight excluding hydrogens is 460 g/mol. The molecule has 1 fully saturated rings. The molecule has 1 saturated heterocycles. The van der Waals surface area contributed by atoms with E-state index in [-0.39, 0.29) is 12.2 Å². The van der Waals surface area contributed by atoms with E-state index in [1.54, 1.807) is 60.7 Å². The zero-order valence-corrected chi connectivity index (χ0v) is 17.5. The summed E-state index contributed by atoms with van der Waals surface area (Å²) in [4.78, 5) is 35.6. The van der Waals surface area contributed by atoms with Gasteiger partial charge in [0, 0.05) is 0 Å². The zero-order valence-electron chi connectivity index (χ0n) is 15.9. The molecule has 1 N–H and O–H groups in total. The first kappa shape index (κ1) is 21.9. The number of rotatable bonds is 6. The summed E-state index contributed by atoms with van der Waals surface area (Å²) in [6, 6.07) is 16.4. The van der Waals surface area contributed by atoms with Crippen molar-refractivity contribution in [2.45, 2.75) is 22.8 Å². The van der Waals surface area contributed by atoms with Crippen LogP contribution >= 0.6 is 15.9 Å². The molecule has 0 bridgehead atoms. The number of aliphatic hydroxyl groups is 1. The second-order valence-electron chi connectivity index (χ2n) is 6.45. The molecule has 158 valence electrons. The van der Waals surface area contributed by atoms with Gasteiger partial charge in [0.15, 0.2) is 6.10 Å². The molecule has 0 aliphatic carbocycles. The third kappa shape index (κ3) is 4.53. The van der Waals surface area contributed by atoms with Crippen LogP contribution in [0, 0.1) is 0 Å². The van der Waals surface area contributed by atoms with Crippen LogP contribution in [-0.4, -0.2) is 59.6 Å². The Morgan fingerprint density at radius 1 is 1.00 bits per heavy atom. The fourth-order valence-corrected chi connectivity index (χ4v) is 3.67. The largest absolute Gasteiger partial charge is 0.465 e. The molecule has 1 heterocycles. The van der Waals surface area contributed by atoms with Gasteiger partial charge in [0.1, 0.15) is 17.5 Å². The number of esters is 3. The summed E-state index contributed by atoms with van der Waals surface area (Å²) in [6.07, 6.45) is -2.27. The van der Waals surface area contributed by atoms with Gasteiger partial charge in [-0.05, 0) is 24.3 Å². The average Bonchev–Trinajstić information content (AvgIpc) is 3.03. The first-order valence-electron chi connectivity index (χ1n) is 8.97. The van der Waals surface area contributed by atoms with E-state index in [9.17, 15) is 19.5 Å². The van der Waals surface area contributed by atoms with Crippen LogP contribution in [0.15, 0.2) is 60.7 Å². The average molecular weight is 479 g/mol. The lowest BCUT2D eigenvalue weighted by molar-refractivity contribution is -0.220. The lowest BCUT2D eigenvalue weighted by atomic mass is 10.1. The summed E-state index contributed by atoms with van der Waals surface area (Å²) in [5, 5.41) is 10.7. The first-order valence-corrected chi connectivity index (χ1v) is 9.89. The number of methoxy groups -OCH3 is 1. The molecule has 30 heavy (non-hydrogen) atoms. The van der Waals surface area contributed by atoms with Crippen molar-refractivity contribution in [2.24, 2.45) is 0 Å². The van der Waals surface area contributed by atoms with Crippen molar-refractivity contribution in [3.8, 4) is 0 Å². The molecule has 0 spiro atoms. The highest BCUT2D eigenvalue weighted by atomic mass is 79.9. The Kier molecular flexibility index (Phi) is 6.86. The van der Waals surface area contributed by atoms with Crippen LogP contribution in [0.4, 0.5) is 0 Å². The second-order valence-corrected chi connectivity index (χ2v) is 7.43. The molecule has 8 nitrogen and oxygen atoms in total. The molecular formula is C21H19BrO8. The Balaban J connectivity index is 1.77. The fraction of sp³-hybridized carbons (Fsp3) is 0.286. The summed E-state index contributed by atoms with van der Waals surface area (Å²) in [6.45, 7) is -0.373. The van der Waals surface area contributed by atoms with E-state index >= 15 is 0 Å². The van der Waals surface area contributed by atoms with Gasteiger partial charge in [-0.2, -0.15) is 0 Å². The van der Waals surface area contributed by atoms with Gasteiger partial charge >= 0.3 is 17.9 Å². The molecule has 0 radical (unpaired) electrons. The molecule has 3 rings (SSSR count). The van der Waals surface area contributed by atoms with Crippen LogP contribution in [0.1, 0.15) is 20.7 Å². The molecule has 0 unspecified atom stereocenters. The highest BCUT2D eigenvalue weighted by Crippen LogP contribution is 2.38. The van der Waals surface area contributed by atoms with Crippen LogP contribution in [0.25, 0.3) is 0 Å². The van der Waals surface area contributed by atoms with Crippen LogP contribution in [0.5, 0.6) is 0 Å². The van der Waals surface area contributed by atoms with E-state index in [1.807, 2.05) is 0 Å². The first-order chi connectivity index (χ1) is 14.4. The van der Waals surface area contributed by atoms with E-state index in [0.717, 1.165) is 7.11 Å². The van der Waals surface area contributed by atoms with Crippen molar-refractivity contribution >= 4 is 33.8 Å². The van der Waals surface area contributed by atoms with E-state index < -0.39 is 40.7 Å². The van der Waals surface area contributed by atoms with Crippen LogP contribution in [0.3, 0.4) is 0 Å². The van der Waals surface area contributed by atoms with Crippen molar-refractivity contribution in [1.29, 1.82) is 0 Å². The Morgan fingerprint density at radius 3 is 2.07 bits per heavy atom. The van der Waals surface area contributed by atoms with Gasteiger partial charge in [-0.1, -0.05) is 52.3 Å². The molecule has 1 aliphatic heterocycles. The highest BCUT2D eigenvalue weighted by Gasteiger charge is 2.61. The lowest BCUT2D eigenvalue weighted by Gasteiger charge is -2.23.